The largest absolute Gasteiger partial charge is 0.444 e. The number of aromatic amines is 1. The van der Waals surface area contributed by atoms with Gasteiger partial charge >= 0.3 is 6.09 Å². The number of nitrogens with one attached hydrogen (secondary N) is 1. The fourth-order valence-electron chi connectivity index (χ4n) is 5.00. The number of ether oxygens (including phenoxy) is 2. The molecular formula is C22H29N5O4. The second-order valence-corrected chi connectivity index (χ2v) is 9.76. The van der Waals surface area contributed by atoms with E-state index in [1.165, 1.54) is 4.52 Å². The molecule has 166 valence electrons. The number of fused-ring (bicyclic) bond motifs is 3. The van der Waals surface area contributed by atoms with Gasteiger partial charge in [0.2, 0.25) is 5.78 Å². The Hall–Kier alpha value is -2.68. The van der Waals surface area contributed by atoms with Crippen molar-refractivity contribution in [1.82, 2.24) is 24.5 Å². The summed E-state index contributed by atoms with van der Waals surface area (Å²) in [5, 5.41) is 4.53. The molecule has 0 saturated carbocycles. The summed E-state index contributed by atoms with van der Waals surface area (Å²) in [6.45, 7) is 7.98. The number of H-pyrrole nitrogens is 1. The molecule has 1 spiro atoms. The summed E-state index contributed by atoms with van der Waals surface area (Å²) in [5.74, 6) is 1.09. The third kappa shape index (κ3) is 3.54. The molecular weight excluding hydrogens is 398 g/mol. The van der Waals surface area contributed by atoms with Crippen molar-refractivity contribution in [3.63, 3.8) is 0 Å². The molecule has 1 N–H and O–H groups in total. The molecule has 0 bridgehead atoms. The molecule has 0 aromatic carbocycles. The normalized spacial score (nSPS) is 20.7. The third-order valence-electron chi connectivity index (χ3n) is 6.58. The highest BCUT2D eigenvalue weighted by molar-refractivity contribution is 5.68. The highest BCUT2D eigenvalue weighted by atomic mass is 16.6. The maximum atomic E-state index is 13.5. The Labute approximate surface area is 180 Å². The highest BCUT2D eigenvalue weighted by Crippen LogP contribution is 2.44. The molecule has 0 atom stereocenters. The Morgan fingerprint density at radius 2 is 2.00 bits per heavy atom. The van der Waals surface area contributed by atoms with Crippen LogP contribution >= 0.6 is 0 Å². The van der Waals surface area contributed by atoms with Crippen LogP contribution in [-0.2, 0) is 21.3 Å². The van der Waals surface area contributed by atoms with Gasteiger partial charge in [-0.2, -0.15) is 9.50 Å². The van der Waals surface area contributed by atoms with E-state index in [2.05, 4.69) is 15.1 Å². The van der Waals surface area contributed by atoms with Crippen molar-refractivity contribution < 1.29 is 14.3 Å². The number of aryl methyl sites for hydroxylation is 1. The van der Waals surface area contributed by atoms with E-state index < -0.39 is 5.60 Å². The fraction of sp³-hybridized carbons (Fsp3) is 0.636. The van der Waals surface area contributed by atoms with E-state index in [-0.39, 0.29) is 17.1 Å². The molecule has 1 fully saturated rings. The topological polar surface area (TPSA) is 102 Å². The lowest BCUT2D eigenvalue weighted by molar-refractivity contribution is 0.0163. The Morgan fingerprint density at radius 3 is 2.68 bits per heavy atom. The Kier molecular flexibility index (Phi) is 4.69. The lowest BCUT2D eigenvalue weighted by atomic mass is 9.74. The Bertz CT molecular complexity index is 1120. The Balaban J connectivity index is 1.43. The summed E-state index contributed by atoms with van der Waals surface area (Å²) in [4.78, 5) is 35.6. The first-order chi connectivity index (χ1) is 14.8. The second-order valence-electron chi connectivity index (χ2n) is 9.76. The molecule has 5 rings (SSSR count). The van der Waals surface area contributed by atoms with Gasteiger partial charge in [0.15, 0.2) is 5.82 Å². The van der Waals surface area contributed by atoms with Gasteiger partial charge in [0.1, 0.15) is 5.60 Å². The molecule has 3 aliphatic rings. The highest BCUT2D eigenvalue weighted by Gasteiger charge is 2.45. The predicted molar refractivity (Wildman–Crippen MR) is 114 cm³/mol. The van der Waals surface area contributed by atoms with Gasteiger partial charge in [-0.1, -0.05) is 6.08 Å². The molecule has 1 aliphatic carbocycles. The number of carbonyl (C=O) groups is 1. The number of piperidine rings is 1. The van der Waals surface area contributed by atoms with Gasteiger partial charge in [0.05, 0.1) is 13.2 Å². The number of rotatable bonds is 1. The van der Waals surface area contributed by atoms with E-state index in [0.717, 1.165) is 48.9 Å². The average Bonchev–Trinajstić information content (AvgIpc) is 3.31. The van der Waals surface area contributed by atoms with Gasteiger partial charge in [0.25, 0.3) is 5.56 Å². The second kappa shape index (κ2) is 7.19. The van der Waals surface area contributed by atoms with Crippen molar-refractivity contribution in [3.8, 4) is 0 Å². The molecule has 0 unspecified atom stereocenters. The zero-order valence-electron chi connectivity index (χ0n) is 18.4. The van der Waals surface area contributed by atoms with E-state index in [0.29, 0.717) is 37.9 Å². The average molecular weight is 428 g/mol. The van der Waals surface area contributed by atoms with Crippen LogP contribution in [0.1, 0.15) is 63.5 Å². The van der Waals surface area contributed by atoms with E-state index in [4.69, 9.17) is 9.47 Å². The smallest absolute Gasteiger partial charge is 0.410 e. The van der Waals surface area contributed by atoms with Gasteiger partial charge in [-0.3, -0.25) is 4.79 Å². The van der Waals surface area contributed by atoms with Gasteiger partial charge in [-0.25, -0.2) is 4.79 Å². The molecule has 2 aromatic heterocycles. The van der Waals surface area contributed by atoms with Gasteiger partial charge in [0, 0.05) is 29.8 Å². The predicted octanol–water partition coefficient (Wildman–Crippen LogP) is 2.44. The van der Waals surface area contributed by atoms with E-state index >= 15 is 0 Å². The number of hydrogen-bond acceptors (Lipinski definition) is 6. The van der Waals surface area contributed by atoms with E-state index in [9.17, 15) is 9.59 Å². The minimum Gasteiger partial charge on any atom is -0.444 e. The lowest BCUT2D eigenvalue weighted by Crippen LogP contribution is -2.47. The van der Waals surface area contributed by atoms with Crippen LogP contribution in [0, 0.1) is 0 Å². The summed E-state index contributed by atoms with van der Waals surface area (Å²) in [6.07, 6.45) is 5.65. The zero-order chi connectivity index (χ0) is 21.8. The molecule has 1 amide bonds. The first-order valence-corrected chi connectivity index (χ1v) is 11.0. The Morgan fingerprint density at radius 1 is 1.23 bits per heavy atom. The van der Waals surface area contributed by atoms with E-state index in [1.807, 2.05) is 26.8 Å². The molecule has 9 heteroatoms. The SMILES string of the molecule is CC(C)(C)OC(=O)N1CCC2(CCc3[nH]c4nc(C5=CCOCC5)nn4c(=O)c32)CC1. The van der Waals surface area contributed by atoms with Crippen molar-refractivity contribution in [2.45, 2.75) is 63.9 Å². The maximum absolute atomic E-state index is 13.5. The van der Waals surface area contributed by atoms with Gasteiger partial charge < -0.3 is 19.4 Å². The van der Waals surface area contributed by atoms with Crippen molar-refractivity contribution in [2.24, 2.45) is 0 Å². The van der Waals surface area contributed by atoms with Crippen LogP contribution in [0.5, 0.6) is 0 Å². The lowest BCUT2D eigenvalue weighted by Gasteiger charge is -2.39. The minimum atomic E-state index is -0.514. The van der Waals surface area contributed by atoms with Crippen LogP contribution in [0.3, 0.4) is 0 Å². The minimum absolute atomic E-state index is 0.0848. The molecule has 2 aromatic rings. The van der Waals surface area contributed by atoms with Crippen molar-refractivity contribution in [3.05, 3.63) is 33.5 Å². The summed E-state index contributed by atoms with van der Waals surface area (Å²) in [5.41, 5.74) is 1.98. The standard InChI is InChI=1S/C22H29N5O4/c1-21(2,3)31-20(29)26-10-8-22(9-11-26)7-4-15-16(22)18(28)27-19(23-15)24-17(25-27)14-5-12-30-13-6-14/h5H,4,6-13H2,1-3H3,(H,23,24,25). The molecule has 31 heavy (non-hydrogen) atoms. The van der Waals surface area contributed by atoms with E-state index in [1.54, 1.807) is 4.90 Å². The summed E-state index contributed by atoms with van der Waals surface area (Å²) in [7, 11) is 0. The number of aromatic nitrogens is 4. The summed E-state index contributed by atoms with van der Waals surface area (Å²) >= 11 is 0. The first kappa shape index (κ1) is 20.2. The number of likely N-dealkylation sites (tertiary alicyclic amines) is 1. The number of hydrogen-bond donors (Lipinski definition) is 1. The number of carbonyl (C=O) groups excluding carboxylic acids is 1. The third-order valence-corrected chi connectivity index (χ3v) is 6.58. The zero-order valence-corrected chi connectivity index (χ0v) is 18.4. The van der Waals surface area contributed by atoms with Crippen LogP contribution < -0.4 is 5.56 Å². The van der Waals surface area contributed by atoms with Crippen LogP contribution in [0.15, 0.2) is 10.9 Å². The van der Waals surface area contributed by atoms with Crippen LogP contribution in [0.2, 0.25) is 0 Å². The maximum Gasteiger partial charge on any atom is 0.410 e. The number of nitrogens with zero attached hydrogens (tertiary/aromatic N) is 4. The van der Waals surface area contributed by atoms with Crippen LogP contribution in [0.4, 0.5) is 4.79 Å². The summed E-state index contributed by atoms with van der Waals surface area (Å²) < 4.78 is 12.3. The first-order valence-electron chi connectivity index (χ1n) is 11.0. The molecule has 1 saturated heterocycles. The fourth-order valence-corrected chi connectivity index (χ4v) is 5.00. The molecule has 0 radical (unpaired) electrons. The van der Waals surface area contributed by atoms with Crippen LogP contribution in [0.25, 0.3) is 11.4 Å². The van der Waals surface area contributed by atoms with Crippen LogP contribution in [-0.4, -0.2) is 62.5 Å². The van der Waals surface area contributed by atoms with Crippen molar-refractivity contribution >= 4 is 17.4 Å². The van der Waals surface area contributed by atoms with Gasteiger partial charge in [-0.15, -0.1) is 5.10 Å². The quantitative estimate of drug-likeness (QED) is 0.750. The summed E-state index contributed by atoms with van der Waals surface area (Å²) in [6, 6.07) is 0. The van der Waals surface area contributed by atoms with Crippen molar-refractivity contribution in [1.29, 1.82) is 0 Å². The van der Waals surface area contributed by atoms with Crippen molar-refractivity contribution in [2.75, 3.05) is 26.3 Å². The molecule has 4 heterocycles. The molecule has 2 aliphatic heterocycles. The molecule has 9 nitrogen and oxygen atoms in total. The monoisotopic (exact) mass is 427 g/mol. The van der Waals surface area contributed by atoms with Gasteiger partial charge in [-0.05, 0) is 58.4 Å². The number of amides is 1.